The summed E-state index contributed by atoms with van der Waals surface area (Å²) in [7, 11) is 0. The van der Waals surface area contributed by atoms with Gasteiger partial charge in [0.15, 0.2) is 0 Å². The lowest BCUT2D eigenvalue weighted by atomic mass is 10.0. The van der Waals surface area contributed by atoms with Gasteiger partial charge in [-0.2, -0.15) is 0 Å². The number of hydrogen-bond acceptors (Lipinski definition) is 4. The summed E-state index contributed by atoms with van der Waals surface area (Å²) in [6.07, 6.45) is 71.3. The van der Waals surface area contributed by atoms with E-state index in [1.807, 2.05) is 0 Å². The van der Waals surface area contributed by atoms with E-state index in [4.69, 9.17) is 0 Å². The molecular formula is C59H111NO4. The molecule has 0 bridgehead atoms. The molecule has 0 saturated heterocycles. The SMILES string of the molecule is CCCCCCCCCCC/C=C\C/C=C\CCCCCCCCCCCCCCCCCC(=O)NC(CO)C(O)C(O)CCC/C=C/CC/C=C/CCCCCCCCCCCC. The number of carbonyl (C=O) groups excluding carboxylic acids is 1. The number of unbranched alkanes of at least 4 members (excludes halogenated alkanes) is 36. The number of aliphatic hydroxyl groups is 3. The molecule has 0 fully saturated rings. The molecular weight excluding hydrogens is 787 g/mol. The Hall–Kier alpha value is -1.69. The zero-order chi connectivity index (χ0) is 46.5. The molecule has 0 aromatic carbocycles. The van der Waals surface area contributed by atoms with E-state index in [1.165, 1.54) is 218 Å². The van der Waals surface area contributed by atoms with Crippen LogP contribution in [0.1, 0.15) is 296 Å². The van der Waals surface area contributed by atoms with Crippen molar-refractivity contribution in [2.24, 2.45) is 0 Å². The first-order valence-electron chi connectivity index (χ1n) is 28.4. The van der Waals surface area contributed by atoms with Gasteiger partial charge in [0.25, 0.3) is 0 Å². The second kappa shape index (κ2) is 53.9. The van der Waals surface area contributed by atoms with Crippen LogP contribution in [0.5, 0.6) is 0 Å². The minimum Gasteiger partial charge on any atom is -0.394 e. The fraction of sp³-hybridized carbons (Fsp3) is 0.847. The van der Waals surface area contributed by atoms with Crippen LogP contribution in [0.3, 0.4) is 0 Å². The van der Waals surface area contributed by atoms with Crippen LogP contribution in [0, 0.1) is 0 Å². The van der Waals surface area contributed by atoms with Gasteiger partial charge in [-0.25, -0.2) is 0 Å². The van der Waals surface area contributed by atoms with Crippen molar-refractivity contribution in [1.29, 1.82) is 0 Å². The first-order valence-corrected chi connectivity index (χ1v) is 28.4. The molecule has 1 amide bonds. The van der Waals surface area contributed by atoms with Crippen LogP contribution in [-0.4, -0.2) is 46.1 Å². The highest BCUT2D eigenvalue weighted by atomic mass is 16.3. The second-order valence-electron chi connectivity index (χ2n) is 19.5. The Labute approximate surface area is 399 Å². The lowest BCUT2D eigenvalue weighted by molar-refractivity contribution is -0.124. The summed E-state index contributed by atoms with van der Waals surface area (Å²) in [5, 5.41) is 33.7. The topological polar surface area (TPSA) is 89.8 Å². The zero-order valence-electron chi connectivity index (χ0n) is 42.9. The number of allylic oxidation sites excluding steroid dienone is 8. The number of nitrogens with one attached hydrogen (secondary N) is 1. The van der Waals surface area contributed by atoms with Crippen LogP contribution >= 0.6 is 0 Å². The molecule has 0 aromatic heterocycles. The molecule has 0 aliphatic carbocycles. The van der Waals surface area contributed by atoms with Gasteiger partial charge in [-0.05, 0) is 83.5 Å². The summed E-state index contributed by atoms with van der Waals surface area (Å²) >= 11 is 0. The molecule has 5 heteroatoms. The molecule has 0 heterocycles. The van der Waals surface area contributed by atoms with Gasteiger partial charge in [0.1, 0.15) is 6.10 Å². The van der Waals surface area contributed by atoms with E-state index in [1.54, 1.807) is 0 Å². The van der Waals surface area contributed by atoms with Gasteiger partial charge in [-0.1, -0.05) is 255 Å². The quantitative estimate of drug-likeness (QED) is 0.0362. The maximum absolute atomic E-state index is 12.5. The minimum atomic E-state index is -1.17. The molecule has 0 spiro atoms. The maximum atomic E-state index is 12.5. The van der Waals surface area contributed by atoms with Gasteiger partial charge in [-0.3, -0.25) is 4.79 Å². The Balaban J connectivity index is 3.57. The van der Waals surface area contributed by atoms with E-state index in [9.17, 15) is 20.1 Å². The van der Waals surface area contributed by atoms with Gasteiger partial charge in [0.05, 0.1) is 18.8 Å². The Morgan fingerprint density at radius 2 is 0.688 bits per heavy atom. The molecule has 0 aromatic rings. The first kappa shape index (κ1) is 62.3. The van der Waals surface area contributed by atoms with Crippen LogP contribution < -0.4 is 5.32 Å². The molecule has 0 saturated carbocycles. The molecule has 64 heavy (non-hydrogen) atoms. The maximum Gasteiger partial charge on any atom is 0.220 e. The van der Waals surface area contributed by atoms with Crippen LogP contribution in [0.2, 0.25) is 0 Å². The monoisotopic (exact) mass is 898 g/mol. The number of carbonyl (C=O) groups is 1. The minimum absolute atomic E-state index is 0.156. The smallest absolute Gasteiger partial charge is 0.220 e. The fourth-order valence-corrected chi connectivity index (χ4v) is 8.74. The normalized spacial score (nSPS) is 13.6. The summed E-state index contributed by atoms with van der Waals surface area (Å²) in [6.45, 7) is 4.18. The second-order valence-corrected chi connectivity index (χ2v) is 19.5. The van der Waals surface area contributed by atoms with Crippen molar-refractivity contribution in [3.63, 3.8) is 0 Å². The highest BCUT2D eigenvalue weighted by molar-refractivity contribution is 5.76. The Bertz CT molecular complexity index is 1040. The summed E-state index contributed by atoms with van der Waals surface area (Å²) in [6, 6.07) is -0.834. The van der Waals surface area contributed by atoms with E-state index in [0.717, 1.165) is 51.4 Å². The third kappa shape index (κ3) is 48.2. The largest absolute Gasteiger partial charge is 0.394 e. The van der Waals surface area contributed by atoms with Crippen molar-refractivity contribution in [3.05, 3.63) is 48.6 Å². The van der Waals surface area contributed by atoms with Gasteiger partial charge in [-0.15, -0.1) is 0 Å². The fourth-order valence-electron chi connectivity index (χ4n) is 8.74. The lowest BCUT2D eigenvalue weighted by Crippen LogP contribution is -2.50. The van der Waals surface area contributed by atoms with Gasteiger partial charge in [0, 0.05) is 6.42 Å². The molecule has 0 aliphatic heterocycles. The molecule has 376 valence electrons. The van der Waals surface area contributed by atoms with Crippen molar-refractivity contribution in [2.45, 2.75) is 315 Å². The van der Waals surface area contributed by atoms with Crippen molar-refractivity contribution in [3.8, 4) is 0 Å². The van der Waals surface area contributed by atoms with Crippen molar-refractivity contribution < 1.29 is 20.1 Å². The third-order valence-electron chi connectivity index (χ3n) is 13.1. The number of hydrogen-bond donors (Lipinski definition) is 4. The van der Waals surface area contributed by atoms with Crippen molar-refractivity contribution in [2.75, 3.05) is 6.61 Å². The van der Waals surface area contributed by atoms with Crippen LogP contribution in [0.4, 0.5) is 0 Å². The predicted molar refractivity (Wildman–Crippen MR) is 282 cm³/mol. The van der Waals surface area contributed by atoms with Gasteiger partial charge < -0.3 is 20.6 Å². The Kier molecular flexibility index (Phi) is 52.5. The highest BCUT2D eigenvalue weighted by Crippen LogP contribution is 2.16. The van der Waals surface area contributed by atoms with Crippen LogP contribution in [0.15, 0.2) is 48.6 Å². The average Bonchev–Trinajstić information content (AvgIpc) is 3.30. The molecule has 0 radical (unpaired) electrons. The predicted octanol–water partition coefficient (Wildman–Crippen LogP) is 17.6. The first-order chi connectivity index (χ1) is 31.6. The summed E-state index contributed by atoms with van der Waals surface area (Å²) < 4.78 is 0. The molecule has 0 rings (SSSR count). The molecule has 3 unspecified atom stereocenters. The molecule has 0 aliphatic rings. The van der Waals surface area contributed by atoms with Crippen molar-refractivity contribution in [1.82, 2.24) is 5.32 Å². The molecule has 5 nitrogen and oxygen atoms in total. The lowest BCUT2D eigenvalue weighted by Gasteiger charge is -2.26. The van der Waals surface area contributed by atoms with Crippen LogP contribution in [0.25, 0.3) is 0 Å². The Morgan fingerprint density at radius 1 is 0.391 bits per heavy atom. The average molecular weight is 899 g/mol. The van der Waals surface area contributed by atoms with Gasteiger partial charge >= 0.3 is 0 Å². The highest BCUT2D eigenvalue weighted by Gasteiger charge is 2.26. The number of aliphatic hydroxyl groups excluding tert-OH is 3. The van der Waals surface area contributed by atoms with E-state index in [-0.39, 0.29) is 12.5 Å². The van der Waals surface area contributed by atoms with E-state index < -0.39 is 18.2 Å². The summed E-state index contributed by atoms with van der Waals surface area (Å²) in [4.78, 5) is 12.5. The number of rotatable bonds is 52. The van der Waals surface area contributed by atoms with Crippen molar-refractivity contribution >= 4 is 5.91 Å². The standard InChI is InChI=1S/C59H111NO4/c1-3-5-7-9-11-13-15-17-19-21-23-24-25-26-27-28-29-30-31-32-33-34-36-38-40-42-44-46-48-50-52-54-58(63)60-56(55-61)59(64)57(62)53-51-49-47-45-43-41-39-37-35-22-20-18-16-14-12-10-8-6-4-2/h23-24,26-27,37,39,45,47,56-57,59,61-62,64H,3-22,25,28-36,38,40-44,46,48-55H2,1-2H3,(H,60,63)/b24-23-,27-26-,39-37+,47-45+. The van der Waals surface area contributed by atoms with E-state index >= 15 is 0 Å². The summed E-state index contributed by atoms with van der Waals surface area (Å²) in [5.74, 6) is -0.156. The zero-order valence-corrected chi connectivity index (χ0v) is 42.9. The third-order valence-corrected chi connectivity index (χ3v) is 13.1. The van der Waals surface area contributed by atoms with Gasteiger partial charge in [0.2, 0.25) is 5.91 Å². The van der Waals surface area contributed by atoms with E-state index in [0.29, 0.717) is 12.8 Å². The summed E-state index contributed by atoms with van der Waals surface area (Å²) in [5.41, 5.74) is 0. The molecule has 4 N–H and O–H groups in total. The Morgan fingerprint density at radius 3 is 1.05 bits per heavy atom. The van der Waals surface area contributed by atoms with E-state index in [2.05, 4.69) is 67.8 Å². The molecule has 3 atom stereocenters. The number of amides is 1. The van der Waals surface area contributed by atoms with Crippen LogP contribution in [-0.2, 0) is 4.79 Å².